The van der Waals surface area contributed by atoms with Crippen LogP contribution >= 0.6 is 0 Å². The summed E-state index contributed by atoms with van der Waals surface area (Å²) in [5.74, 6) is 1.84. The molecule has 54 heavy (non-hydrogen) atoms. The van der Waals surface area contributed by atoms with E-state index < -0.39 is 0 Å². The van der Waals surface area contributed by atoms with Crippen molar-refractivity contribution in [2.45, 2.75) is 26.7 Å². The van der Waals surface area contributed by atoms with Gasteiger partial charge < -0.3 is 8.83 Å². The van der Waals surface area contributed by atoms with E-state index in [-0.39, 0.29) is 0 Å². The predicted octanol–water partition coefficient (Wildman–Crippen LogP) is 13.1. The molecule has 0 unspecified atom stereocenters. The summed E-state index contributed by atoms with van der Waals surface area (Å²) in [7, 11) is 0. The molecule has 10 aromatic rings. The second kappa shape index (κ2) is 13.0. The molecule has 0 saturated carbocycles. The normalized spacial score (nSPS) is 11.7. The maximum atomic E-state index is 6.32. The van der Waals surface area contributed by atoms with Crippen LogP contribution in [0.4, 0.5) is 0 Å². The van der Waals surface area contributed by atoms with Crippen LogP contribution < -0.4 is 0 Å². The van der Waals surface area contributed by atoms with Crippen molar-refractivity contribution < 1.29 is 8.83 Å². The van der Waals surface area contributed by atoms with Crippen LogP contribution in [-0.2, 0) is 12.8 Å². The van der Waals surface area contributed by atoms with Gasteiger partial charge >= 0.3 is 0 Å². The van der Waals surface area contributed by atoms with Gasteiger partial charge in [-0.25, -0.2) is 15.0 Å². The van der Waals surface area contributed by atoms with Crippen LogP contribution in [0.1, 0.15) is 25.0 Å². The first kappa shape index (κ1) is 31.9. The number of furan rings is 2. The number of para-hydroxylation sites is 2. The SMILES string of the molecule is CCc1cc(-c2cccc(-c3nc(-c4ccccc4)nc(-c4cccc5oc6ccccc6c45)n3)c2)ccc1-c1c(CC)ccc2oc3ccccc3c12. The molecule has 7 aromatic carbocycles. The van der Waals surface area contributed by atoms with Crippen LogP contribution in [0, 0.1) is 0 Å². The van der Waals surface area contributed by atoms with Crippen LogP contribution in [-0.4, -0.2) is 15.0 Å². The monoisotopic (exact) mass is 697 g/mol. The van der Waals surface area contributed by atoms with Crippen LogP contribution in [0.2, 0.25) is 0 Å². The maximum absolute atomic E-state index is 6.32. The summed E-state index contributed by atoms with van der Waals surface area (Å²) in [6.45, 7) is 4.46. The molecule has 5 heteroatoms. The summed E-state index contributed by atoms with van der Waals surface area (Å²) in [4.78, 5) is 15.3. The minimum absolute atomic E-state index is 0.603. The van der Waals surface area contributed by atoms with Crippen molar-refractivity contribution in [1.82, 2.24) is 15.0 Å². The first-order chi connectivity index (χ1) is 26.7. The van der Waals surface area contributed by atoms with E-state index in [0.29, 0.717) is 17.5 Å². The zero-order valence-electron chi connectivity index (χ0n) is 30.0. The number of benzene rings is 7. The topological polar surface area (TPSA) is 65.0 Å². The van der Waals surface area contributed by atoms with Gasteiger partial charge in [0.2, 0.25) is 0 Å². The van der Waals surface area contributed by atoms with Crippen molar-refractivity contribution in [3.63, 3.8) is 0 Å². The molecule has 0 aliphatic rings. The molecule has 3 aromatic heterocycles. The van der Waals surface area contributed by atoms with Crippen molar-refractivity contribution >= 4 is 43.9 Å². The Morgan fingerprint density at radius 2 is 0.963 bits per heavy atom. The fourth-order valence-electron chi connectivity index (χ4n) is 7.91. The van der Waals surface area contributed by atoms with Gasteiger partial charge in [-0.1, -0.05) is 135 Å². The standard InChI is InChI=1S/C49H35N3O2/c1-3-30-25-27-43-46(38-19-9-11-22-41(38)54-43)44(30)36-26-24-34(28-31(36)4-2)33-16-12-17-35(29-33)48-50-47(32-14-6-5-7-15-32)51-49(52-48)39-20-13-23-42-45(39)37-18-8-10-21-40(37)53-42/h5-29H,3-4H2,1-2H3. The fourth-order valence-corrected chi connectivity index (χ4v) is 7.91. The fraction of sp³-hybridized carbons (Fsp3) is 0.0816. The summed E-state index contributed by atoms with van der Waals surface area (Å²) in [6, 6.07) is 52.4. The van der Waals surface area contributed by atoms with E-state index in [4.69, 9.17) is 23.8 Å². The van der Waals surface area contributed by atoms with Crippen LogP contribution in [0.3, 0.4) is 0 Å². The molecule has 0 amide bonds. The van der Waals surface area contributed by atoms with Gasteiger partial charge in [-0.15, -0.1) is 0 Å². The molecule has 3 heterocycles. The number of hydrogen-bond donors (Lipinski definition) is 0. The predicted molar refractivity (Wildman–Crippen MR) is 220 cm³/mol. The molecule has 10 rings (SSSR count). The van der Waals surface area contributed by atoms with Gasteiger partial charge in [0.05, 0.1) is 0 Å². The van der Waals surface area contributed by atoms with Gasteiger partial charge in [-0.2, -0.15) is 0 Å². The van der Waals surface area contributed by atoms with Crippen molar-refractivity contribution in [2.24, 2.45) is 0 Å². The van der Waals surface area contributed by atoms with E-state index in [1.807, 2.05) is 66.7 Å². The smallest absolute Gasteiger partial charge is 0.164 e. The van der Waals surface area contributed by atoms with Crippen molar-refractivity contribution in [2.75, 3.05) is 0 Å². The largest absolute Gasteiger partial charge is 0.456 e. The van der Waals surface area contributed by atoms with Crippen molar-refractivity contribution in [3.05, 3.63) is 163 Å². The van der Waals surface area contributed by atoms with E-state index in [1.165, 1.54) is 27.6 Å². The highest BCUT2D eigenvalue weighted by molar-refractivity contribution is 6.14. The number of fused-ring (bicyclic) bond motifs is 6. The Morgan fingerprint density at radius 1 is 0.389 bits per heavy atom. The molecule has 0 bridgehead atoms. The Morgan fingerprint density at radius 3 is 1.72 bits per heavy atom. The Bertz CT molecular complexity index is 3030. The third kappa shape index (κ3) is 5.28. The summed E-state index contributed by atoms with van der Waals surface area (Å²) in [5, 5.41) is 4.37. The average Bonchev–Trinajstić information content (AvgIpc) is 3.82. The maximum Gasteiger partial charge on any atom is 0.164 e. The van der Waals surface area contributed by atoms with E-state index >= 15 is 0 Å². The molecule has 0 radical (unpaired) electrons. The Balaban J connectivity index is 1.11. The molecule has 5 nitrogen and oxygen atoms in total. The lowest BCUT2D eigenvalue weighted by Crippen LogP contribution is -2.00. The first-order valence-electron chi connectivity index (χ1n) is 18.6. The second-order valence-corrected chi connectivity index (χ2v) is 13.7. The Kier molecular flexibility index (Phi) is 7.65. The molecular weight excluding hydrogens is 663 g/mol. The van der Waals surface area contributed by atoms with Gasteiger partial charge in [-0.05, 0) is 76.6 Å². The van der Waals surface area contributed by atoms with Gasteiger partial charge in [0, 0.05) is 38.2 Å². The highest BCUT2D eigenvalue weighted by atomic mass is 16.3. The minimum Gasteiger partial charge on any atom is -0.456 e. The number of rotatable bonds is 7. The van der Waals surface area contributed by atoms with E-state index in [1.54, 1.807) is 0 Å². The van der Waals surface area contributed by atoms with E-state index in [9.17, 15) is 0 Å². The summed E-state index contributed by atoms with van der Waals surface area (Å²) in [5.41, 5.74) is 13.6. The van der Waals surface area contributed by atoms with Gasteiger partial charge in [0.15, 0.2) is 17.5 Å². The minimum atomic E-state index is 0.603. The second-order valence-electron chi connectivity index (χ2n) is 13.7. The van der Waals surface area contributed by atoms with E-state index in [2.05, 4.69) is 98.8 Å². The third-order valence-corrected chi connectivity index (χ3v) is 10.5. The first-order valence-corrected chi connectivity index (χ1v) is 18.6. The van der Waals surface area contributed by atoms with Crippen LogP contribution in [0.15, 0.2) is 160 Å². The Labute approximate surface area is 312 Å². The van der Waals surface area contributed by atoms with Gasteiger partial charge in [0.25, 0.3) is 0 Å². The molecule has 0 fully saturated rings. The Hall–Kier alpha value is -6.85. The van der Waals surface area contributed by atoms with Gasteiger partial charge in [0.1, 0.15) is 22.3 Å². The number of aromatic nitrogens is 3. The molecule has 0 aliphatic carbocycles. The third-order valence-electron chi connectivity index (χ3n) is 10.5. The number of nitrogens with zero attached hydrogens (tertiary/aromatic N) is 3. The lowest BCUT2D eigenvalue weighted by Gasteiger charge is -2.16. The zero-order chi connectivity index (χ0) is 36.2. The van der Waals surface area contributed by atoms with Crippen LogP contribution in [0.25, 0.3) is 100 Å². The van der Waals surface area contributed by atoms with Crippen molar-refractivity contribution in [3.8, 4) is 56.4 Å². The number of aryl methyl sites for hydroxylation is 2. The highest BCUT2D eigenvalue weighted by Gasteiger charge is 2.20. The molecule has 0 N–H and O–H groups in total. The summed E-state index contributed by atoms with van der Waals surface area (Å²) in [6.07, 6.45) is 1.83. The van der Waals surface area contributed by atoms with Crippen LogP contribution in [0.5, 0.6) is 0 Å². The molecule has 0 aliphatic heterocycles. The molecular formula is C49H35N3O2. The molecule has 0 atom stereocenters. The molecule has 258 valence electrons. The lowest BCUT2D eigenvalue weighted by atomic mass is 9.88. The summed E-state index contributed by atoms with van der Waals surface area (Å²) < 4.78 is 12.6. The average molecular weight is 698 g/mol. The van der Waals surface area contributed by atoms with Gasteiger partial charge in [-0.3, -0.25) is 0 Å². The number of hydrogen-bond acceptors (Lipinski definition) is 5. The zero-order valence-corrected chi connectivity index (χ0v) is 30.0. The highest BCUT2D eigenvalue weighted by Crippen LogP contribution is 2.42. The molecule has 0 saturated heterocycles. The van der Waals surface area contributed by atoms with E-state index in [0.717, 1.165) is 79.1 Å². The summed E-state index contributed by atoms with van der Waals surface area (Å²) >= 11 is 0. The quantitative estimate of drug-likeness (QED) is 0.166. The van der Waals surface area contributed by atoms with Crippen molar-refractivity contribution in [1.29, 1.82) is 0 Å². The molecule has 0 spiro atoms. The lowest BCUT2D eigenvalue weighted by molar-refractivity contribution is 0.668.